The van der Waals surface area contributed by atoms with Crippen LogP contribution in [0.1, 0.15) is 31.2 Å². The zero-order valence-corrected chi connectivity index (χ0v) is 15.4. The van der Waals surface area contributed by atoms with Crippen molar-refractivity contribution >= 4 is 11.0 Å². The average Bonchev–Trinajstić information content (AvgIpc) is 3.01. The molecule has 3 heterocycles. The zero-order chi connectivity index (χ0) is 18.4. The molecule has 2 aliphatic rings. The minimum atomic E-state index is -0.303. The average molecular weight is 361 g/mol. The van der Waals surface area contributed by atoms with Crippen molar-refractivity contribution in [2.24, 2.45) is 0 Å². The first-order valence-corrected chi connectivity index (χ1v) is 9.73. The monoisotopic (exact) mass is 361 g/mol. The summed E-state index contributed by atoms with van der Waals surface area (Å²) >= 11 is 0. The van der Waals surface area contributed by atoms with Gasteiger partial charge in [0.2, 0.25) is 0 Å². The van der Waals surface area contributed by atoms with E-state index in [2.05, 4.69) is 5.32 Å². The van der Waals surface area contributed by atoms with E-state index < -0.39 is 0 Å². The van der Waals surface area contributed by atoms with Crippen LogP contribution in [0.2, 0.25) is 0 Å². The van der Waals surface area contributed by atoms with E-state index in [-0.39, 0.29) is 11.7 Å². The lowest BCUT2D eigenvalue weighted by atomic mass is 9.99. The van der Waals surface area contributed by atoms with Crippen LogP contribution < -0.4 is 15.7 Å². The van der Waals surface area contributed by atoms with Crippen molar-refractivity contribution in [3.63, 3.8) is 0 Å². The Hall–Kier alpha value is -2.59. The van der Waals surface area contributed by atoms with Gasteiger partial charge < -0.3 is 14.5 Å². The second kappa shape index (κ2) is 6.54. The SMILES string of the molecule is Cc1c(-c2ccccc2)c(=O)oc2cc(OC3C[C@H]4CC[C@@H](C3)N4)ccc12. The molecule has 0 amide bonds. The predicted octanol–water partition coefficient (Wildman–Crippen LogP) is 4.43. The van der Waals surface area contributed by atoms with Crippen molar-refractivity contribution < 1.29 is 9.15 Å². The molecule has 1 N–H and O–H groups in total. The summed E-state index contributed by atoms with van der Waals surface area (Å²) in [5.74, 6) is 0.781. The lowest BCUT2D eigenvalue weighted by molar-refractivity contribution is 0.137. The van der Waals surface area contributed by atoms with Gasteiger partial charge in [-0.05, 0) is 55.9 Å². The summed E-state index contributed by atoms with van der Waals surface area (Å²) in [6.07, 6.45) is 4.82. The molecule has 2 saturated heterocycles. The Labute approximate surface area is 158 Å². The van der Waals surface area contributed by atoms with E-state index in [4.69, 9.17) is 9.15 Å². The van der Waals surface area contributed by atoms with E-state index in [1.54, 1.807) is 0 Å². The normalized spacial score (nSPS) is 24.3. The summed E-state index contributed by atoms with van der Waals surface area (Å²) in [4.78, 5) is 12.6. The van der Waals surface area contributed by atoms with Crippen LogP contribution in [0, 0.1) is 6.92 Å². The van der Waals surface area contributed by atoms with E-state index in [9.17, 15) is 4.79 Å². The predicted molar refractivity (Wildman–Crippen MR) is 106 cm³/mol. The highest BCUT2D eigenvalue weighted by Crippen LogP contribution is 2.32. The molecule has 138 valence electrons. The highest BCUT2D eigenvalue weighted by Gasteiger charge is 2.34. The van der Waals surface area contributed by atoms with Gasteiger partial charge in [0.05, 0.1) is 5.56 Å². The van der Waals surface area contributed by atoms with Crippen molar-refractivity contribution in [1.82, 2.24) is 5.32 Å². The third kappa shape index (κ3) is 3.04. The Kier molecular flexibility index (Phi) is 4.01. The number of ether oxygens (including phenoxy) is 1. The van der Waals surface area contributed by atoms with Crippen LogP contribution in [0.5, 0.6) is 5.75 Å². The van der Waals surface area contributed by atoms with Gasteiger partial charge in [-0.25, -0.2) is 4.79 Å². The second-order valence-corrected chi connectivity index (χ2v) is 7.76. The molecule has 2 aliphatic heterocycles. The zero-order valence-electron chi connectivity index (χ0n) is 15.4. The molecule has 4 nitrogen and oxygen atoms in total. The maximum absolute atomic E-state index is 12.6. The smallest absolute Gasteiger partial charge is 0.344 e. The summed E-state index contributed by atoms with van der Waals surface area (Å²) in [6, 6.07) is 16.7. The van der Waals surface area contributed by atoms with Crippen molar-refractivity contribution in [2.75, 3.05) is 0 Å². The van der Waals surface area contributed by atoms with Gasteiger partial charge in [0.15, 0.2) is 0 Å². The van der Waals surface area contributed by atoms with E-state index in [0.29, 0.717) is 23.2 Å². The molecule has 0 radical (unpaired) electrons. The Bertz CT molecular complexity index is 1030. The quantitative estimate of drug-likeness (QED) is 0.701. The molecule has 2 bridgehead atoms. The van der Waals surface area contributed by atoms with Crippen molar-refractivity contribution in [2.45, 2.75) is 50.8 Å². The Morgan fingerprint density at radius 3 is 2.52 bits per heavy atom. The number of aryl methyl sites for hydroxylation is 1. The van der Waals surface area contributed by atoms with Gasteiger partial charge in [-0.2, -0.15) is 0 Å². The molecule has 2 aromatic carbocycles. The van der Waals surface area contributed by atoms with Crippen molar-refractivity contribution in [3.05, 3.63) is 64.5 Å². The number of nitrogens with one attached hydrogen (secondary N) is 1. The van der Waals surface area contributed by atoms with E-state index >= 15 is 0 Å². The molecular formula is C23H23NO3. The summed E-state index contributed by atoms with van der Waals surface area (Å²) in [5.41, 5.74) is 2.75. The Balaban J connectivity index is 1.49. The van der Waals surface area contributed by atoms with Gasteiger partial charge in [0.1, 0.15) is 17.4 Å². The minimum Gasteiger partial charge on any atom is -0.490 e. The van der Waals surface area contributed by atoms with Crippen LogP contribution in [-0.2, 0) is 0 Å². The van der Waals surface area contributed by atoms with E-state index in [0.717, 1.165) is 35.1 Å². The van der Waals surface area contributed by atoms with Crippen LogP contribution >= 0.6 is 0 Å². The Morgan fingerprint density at radius 1 is 1.04 bits per heavy atom. The van der Waals surface area contributed by atoms with Gasteiger partial charge in [-0.3, -0.25) is 0 Å². The molecule has 1 aromatic heterocycles. The summed E-state index contributed by atoms with van der Waals surface area (Å²) in [5, 5.41) is 4.58. The fourth-order valence-electron chi connectivity index (χ4n) is 4.64. The molecular weight excluding hydrogens is 338 g/mol. The maximum atomic E-state index is 12.6. The maximum Gasteiger partial charge on any atom is 0.344 e. The molecule has 5 rings (SSSR count). The Morgan fingerprint density at radius 2 is 1.78 bits per heavy atom. The van der Waals surface area contributed by atoms with Crippen LogP contribution in [-0.4, -0.2) is 18.2 Å². The van der Waals surface area contributed by atoms with Crippen LogP contribution in [0.25, 0.3) is 22.1 Å². The molecule has 1 unspecified atom stereocenters. The number of hydrogen-bond acceptors (Lipinski definition) is 4. The topological polar surface area (TPSA) is 51.5 Å². The lowest BCUT2D eigenvalue weighted by Gasteiger charge is -2.29. The summed E-state index contributed by atoms with van der Waals surface area (Å²) in [7, 11) is 0. The molecule has 0 aliphatic carbocycles. The molecule has 3 atom stereocenters. The van der Waals surface area contributed by atoms with Crippen molar-refractivity contribution in [3.8, 4) is 16.9 Å². The first-order valence-electron chi connectivity index (χ1n) is 9.73. The van der Waals surface area contributed by atoms with Gasteiger partial charge in [0.25, 0.3) is 0 Å². The number of fused-ring (bicyclic) bond motifs is 3. The molecule has 0 saturated carbocycles. The fourth-order valence-corrected chi connectivity index (χ4v) is 4.64. The lowest BCUT2D eigenvalue weighted by Crippen LogP contribution is -2.42. The number of hydrogen-bond donors (Lipinski definition) is 1. The first kappa shape index (κ1) is 16.6. The van der Waals surface area contributed by atoms with Gasteiger partial charge in [0, 0.05) is 23.5 Å². The molecule has 2 fully saturated rings. The highest BCUT2D eigenvalue weighted by atomic mass is 16.5. The van der Waals surface area contributed by atoms with Crippen molar-refractivity contribution in [1.29, 1.82) is 0 Å². The molecule has 3 aromatic rings. The fraction of sp³-hybridized carbons (Fsp3) is 0.348. The molecule has 0 spiro atoms. The van der Waals surface area contributed by atoms with E-state index in [1.165, 1.54) is 12.8 Å². The van der Waals surface area contributed by atoms with Crippen LogP contribution in [0.4, 0.5) is 0 Å². The number of benzene rings is 2. The molecule has 27 heavy (non-hydrogen) atoms. The first-order chi connectivity index (χ1) is 13.2. The standard InChI is InChI=1S/C23H23NO3/c1-14-20-10-9-18(26-19-11-16-7-8-17(12-19)24-16)13-21(20)27-23(25)22(14)15-5-3-2-4-6-15/h2-6,9-10,13,16-17,19,24H,7-8,11-12H2,1H3/t16-,17+,19?. The summed E-state index contributed by atoms with van der Waals surface area (Å²) < 4.78 is 11.9. The third-order valence-electron chi connectivity index (χ3n) is 5.93. The second-order valence-electron chi connectivity index (χ2n) is 7.76. The van der Waals surface area contributed by atoms with Gasteiger partial charge >= 0.3 is 5.63 Å². The molecule has 4 heteroatoms. The number of rotatable bonds is 3. The summed E-state index contributed by atoms with van der Waals surface area (Å²) in [6.45, 7) is 1.98. The van der Waals surface area contributed by atoms with Gasteiger partial charge in [-0.1, -0.05) is 30.3 Å². The highest BCUT2D eigenvalue weighted by molar-refractivity contribution is 5.87. The number of piperidine rings is 1. The van der Waals surface area contributed by atoms with Crippen LogP contribution in [0.3, 0.4) is 0 Å². The van der Waals surface area contributed by atoms with Gasteiger partial charge in [-0.15, -0.1) is 0 Å². The van der Waals surface area contributed by atoms with E-state index in [1.807, 2.05) is 55.5 Å². The third-order valence-corrected chi connectivity index (χ3v) is 5.93. The van der Waals surface area contributed by atoms with Crippen LogP contribution in [0.15, 0.2) is 57.7 Å². The largest absolute Gasteiger partial charge is 0.490 e. The minimum absolute atomic E-state index is 0.234.